The topological polar surface area (TPSA) is 177 Å². The first kappa shape index (κ1) is 18.7. The van der Waals surface area contributed by atoms with Crippen molar-refractivity contribution in [2.45, 2.75) is 49.6 Å². The smallest absolute Gasteiger partial charge is 0.364 e. The van der Waals surface area contributed by atoms with E-state index in [0.29, 0.717) is 0 Å². The zero-order chi connectivity index (χ0) is 17.2. The van der Waals surface area contributed by atoms with Crippen LogP contribution in [0.2, 0.25) is 0 Å². The molecule has 10 nitrogen and oxygen atoms in total. The van der Waals surface area contributed by atoms with Gasteiger partial charge >= 0.3 is 5.97 Å². The Labute approximate surface area is 129 Å². The average molecular weight is 339 g/mol. The number of carboxylic acids is 1. The molecule has 1 saturated heterocycles. The van der Waals surface area contributed by atoms with Crippen LogP contribution >= 0.6 is 12.2 Å². The van der Waals surface area contributed by atoms with Crippen LogP contribution in [0.5, 0.6) is 0 Å². The van der Waals surface area contributed by atoms with Gasteiger partial charge in [-0.2, -0.15) is 0 Å². The number of thiocarbonyl (C=S) groups is 1. The minimum Gasteiger partial charge on any atom is -0.500 e. The summed E-state index contributed by atoms with van der Waals surface area (Å²) in [6, 6.07) is -1.34. The third-order valence-electron chi connectivity index (χ3n) is 3.20. The van der Waals surface area contributed by atoms with Gasteiger partial charge in [0, 0.05) is 13.3 Å². The van der Waals surface area contributed by atoms with Gasteiger partial charge in [0.25, 0.3) is 5.79 Å². The van der Waals surface area contributed by atoms with Gasteiger partial charge in [-0.05, 0) is 12.2 Å². The Morgan fingerprint density at radius 2 is 1.91 bits per heavy atom. The molecule has 7 N–H and O–H groups in total. The number of aliphatic carboxylic acids is 1. The number of hydrogen-bond acceptors (Lipinski definition) is 8. The third-order valence-corrected chi connectivity index (χ3v) is 3.44. The fourth-order valence-corrected chi connectivity index (χ4v) is 2.27. The van der Waals surface area contributed by atoms with E-state index >= 15 is 0 Å². The second-order valence-electron chi connectivity index (χ2n) is 4.94. The van der Waals surface area contributed by atoms with Gasteiger partial charge in [0.05, 0.1) is 12.1 Å². The molecule has 0 saturated carbocycles. The zero-order valence-corrected chi connectivity index (χ0v) is 12.2. The van der Waals surface area contributed by atoms with E-state index in [1.54, 1.807) is 0 Å². The van der Waals surface area contributed by atoms with Crippen molar-refractivity contribution in [2.75, 3.05) is 0 Å². The maximum absolute atomic E-state index is 11.1. The Kier molecular flexibility index (Phi) is 5.78. The van der Waals surface area contributed by atoms with Gasteiger partial charge < -0.3 is 40.7 Å². The molecule has 0 aliphatic carbocycles. The van der Waals surface area contributed by atoms with E-state index in [4.69, 9.17) is 14.9 Å². The van der Waals surface area contributed by atoms with E-state index in [1.165, 1.54) is 0 Å². The molecule has 1 amide bonds. The Morgan fingerprint density at radius 1 is 1.36 bits per heavy atom. The summed E-state index contributed by atoms with van der Waals surface area (Å²) in [6.45, 7) is 1.10. The summed E-state index contributed by atoms with van der Waals surface area (Å²) < 4.78 is 4.85. The molecule has 0 spiro atoms. The molecule has 1 heterocycles. The van der Waals surface area contributed by atoms with Crippen LogP contribution < -0.4 is 5.32 Å². The number of hydrogen-bond donors (Lipinski definition) is 7. The van der Waals surface area contributed by atoms with Gasteiger partial charge in [0.15, 0.2) is 5.05 Å². The summed E-state index contributed by atoms with van der Waals surface area (Å²) >= 11 is 4.29. The van der Waals surface area contributed by atoms with E-state index in [-0.39, 0.29) is 0 Å². The van der Waals surface area contributed by atoms with Gasteiger partial charge in [-0.15, -0.1) is 0 Å². The maximum atomic E-state index is 11.1. The number of rotatable bonds is 5. The van der Waals surface area contributed by atoms with Gasteiger partial charge in [-0.1, -0.05) is 0 Å². The van der Waals surface area contributed by atoms with Crippen molar-refractivity contribution in [1.29, 1.82) is 0 Å². The lowest BCUT2D eigenvalue weighted by Gasteiger charge is -2.44. The van der Waals surface area contributed by atoms with Crippen LogP contribution in [-0.4, -0.2) is 83.8 Å². The second kappa shape index (κ2) is 6.81. The van der Waals surface area contributed by atoms with E-state index in [0.717, 1.165) is 6.92 Å². The SMILES string of the molecule is CC(=O)N[C@H]1[C@H]([C@H](O)[C@H](O)C(O)=S)O[C@](O)(C(=O)O)C[C@@H]1O. The first-order chi connectivity index (χ1) is 9.99. The fourth-order valence-electron chi connectivity index (χ4n) is 2.13. The number of carbonyl (C=O) groups is 2. The summed E-state index contributed by atoms with van der Waals surface area (Å²) in [5.41, 5.74) is 0. The van der Waals surface area contributed by atoms with E-state index in [9.17, 15) is 30.0 Å². The lowest BCUT2D eigenvalue weighted by Crippen LogP contribution is -2.67. The molecular formula is C11H17NO9S. The molecule has 0 unspecified atom stereocenters. The fraction of sp³-hybridized carbons (Fsp3) is 0.727. The van der Waals surface area contributed by atoms with Gasteiger partial charge in [0.2, 0.25) is 5.91 Å². The first-order valence-corrected chi connectivity index (χ1v) is 6.58. The largest absolute Gasteiger partial charge is 0.500 e. The van der Waals surface area contributed by atoms with Gasteiger partial charge in [0.1, 0.15) is 18.3 Å². The number of carbonyl (C=O) groups excluding carboxylic acids is 1. The van der Waals surface area contributed by atoms with Crippen molar-refractivity contribution >= 4 is 29.1 Å². The lowest BCUT2D eigenvalue weighted by molar-refractivity contribution is -0.292. The van der Waals surface area contributed by atoms with Crippen LogP contribution in [0.4, 0.5) is 0 Å². The normalized spacial score (nSPS) is 34.5. The maximum Gasteiger partial charge on any atom is 0.364 e. The van der Waals surface area contributed by atoms with Crippen LogP contribution in [0.3, 0.4) is 0 Å². The predicted octanol–water partition coefficient (Wildman–Crippen LogP) is -2.98. The van der Waals surface area contributed by atoms with Gasteiger partial charge in [-0.3, -0.25) is 4.79 Å². The van der Waals surface area contributed by atoms with E-state index in [1.807, 2.05) is 0 Å². The van der Waals surface area contributed by atoms with Crippen LogP contribution in [0.1, 0.15) is 13.3 Å². The van der Waals surface area contributed by atoms with Crippen LogP contribution in [-0.2, 0) is 14.3 Å². The minimum atomic E-state index is -2.84. The molecular weight excluding hydrogens is 322 g/mol. The molecule has 11 heteroatoms. The second-order valence-corrected chi connectivity index (χ2v) is 5.36. The van der Waals surface area contributed by atoms with Crippen LogP contribution in [0, 0.1) is 0 Å². The Morgan fingerprint density at radius 3 is 2.32 bits per heavy atom. The Hall–Kier alpha value is -1.37. The number of aliphatic hydroxyl groups is 5. The highest BCUT2D eigenvalue weighted by Crippen LogP contribution is 2.30. The molecule has 0 radical (unpaired) electrons. The molecule has 1 aliphatic heterocycles. The number of ether oxygens (including phenoxy) is 1. The van der Waals surface area contributed by atoms with Crippen molar-refractivity contribution < 1.29 is 45.0 Å². The standard InChI is InChI=1S/C11H17NO9S/c1-3(13)12-5-4(14)2-11(20,10(18)19)21-8(5)6(15)7(16)9(17)22/h4-8,14-16,20H,2H2,1H3,(H,12,13)(H,17,22)(H,18,19)/t4-,5+,6+,7-,8+,11-/m0/s1. The number of nitrogens with one attached hydrogen (secondary N) is 1. The highest BCUT2D eigenvalue weighted by atomic mass is 32.1. The van der Waals surface area contributed by atoms with Crippen molar-refractivity contribution in [3.8, 4) is 0 Å². The molecule has 22 heavy (non-hydrogen) atoms. The molecule has 0 aromatic rings. The molecule has 1 aliphatic rings. The summed E-state index contributed by atoms with van der Waals surface area (Å²) in [4.78, 5) is 22.2. The number of aliphatic hydroxyl groups excluding tert-OH is 4. The quantitative estimate of drug-likeness (QED) is 0.256. The molecule has 126 valence electrons. The highest BCUT2D eigenvalue weighted by molar-refractivity contribution is 7.80. The van der Waals surface area contributed by atoms with E-state index in [2.05, 4.69) is 17.5 Å². The van der Waals surface area contributed by atoms with Crippen LogP contribution in [0.15, 0.2) is 0 Å². The lowest BCUT2D eigenvalue weighted by atomic mass is 9.88. The van der Waals surface area contributed by atoms with Crippen molar-refractivity contribution in [1.82, 2.24) is 5.32 Å². The first-order valence-electron chi connectivity index (χ1n) is 6.17. The number of carboxylic acid groups (broad SMARTS) is 1. The zero-order valence-electron chi connectivity index (χ0n) is 11.4. The van der Waals surface area contributed by atoms with Gasteiger partial charge in [-0.25, -0.2) is 4.79 Å². The average Bonchev–Trinajstić information content (AvgIpc) is 2.39. The van der Waals surface area contributed by atoms with E-state index < -0.39 is 59.6 Å². The summed E-state index contributed by atoms with van der Waals surface area (Å²) in [7, 11) is 0. The summed E-state index contributed by atoms with van der Waals surface area (Å²) in [5, 5.41) is 58.4. The molecule has 1 rings (SSSR count). The predicted molar refractivity (Wildman–Crippen MR) is 72.9 cm³/mol. The Balaban J connectivity index is 3.13. The molecule has 6 atom stereocenters. The number of amides is 1. The monoisotopic (exact) mass is 339 g/mol. The van der Waals surface area contributed by atoms with Crippen molar-refractivity contribution in [3.63, 3.8) is 0 Å². The summed E-state index contributed by atoms with van der Waals surface area (Å²) in [5.74, 6) is -5.30. The molecule has 0 aromatic carbocycles. The molecule has 0 aromatic heterocycles. The van der Waals surface area contributed by atoms with Crippen LogP contribution in [0.25, 0.3) is 0 Å². The third kappa shape index (κ3) is 3.88. The minimum absolute atomic E-state index is 0.633. The molecule has 1 fully saturated rings. The highest BCUT2D eigenvalue weighted by Gasteiger charge is 2.54. The Bertz CT molecular complexity index is 472. The van der Waals surface area contributed by atoms with Crippen molar-refractivity contribution in [2.24, 2.45) is 0 Å². The molecule has 0 bridgehead atoms. The van der Waals surface area contributed by atoms with Crippen molar-refractivity contribution in [3.05, 3.63) is 0 Å². The summed E-state index contributed by atoms with van der Waals surface area (Å²) in [6.07, 6.45) is -8.14.